The van der Waals surface area contributed by atoms with Crippen LogP contribution >= 0.6 is 28.1 Å². The summed E-state index contributed by atoms with van der Waals surface area (Å²) >= 11 is 8.42. The molecule has 0 aliphatic heterocycles. The number of halogens is 1. The molecule has 9 heteroatoms. The molecule has 2 rings (SSSR count). The van der Waals surface area contributed by atoms with Crippen LogP contribution in [0.25, 0.3) is 0 Å². The van der Waals surface area contributed by atoms with Gasteiger partial charge in [0.25, 0.3) is 11.8 Å². The number of hydrogen-bond donors (Lipinski definition) is 3. The highest BCUT2D eigenvalue weighted by molar-refractivity contribution is 9.10. The van der Waals surface area contributed by atoms with Crippen molar-refractivity contribution >= 4 is 45.1 Å². The van der Waals surface area contributed by atoms with E-state index in [1.165, 1.54) is 0 Å². The fraction of sp³-hybridized carbons (Fsp3) is 0.250. The molecule has 0 atom stereocenters. The van der Waals surface area contributed by atoms with Gasteiger partial charge in [0.15, 0.2) is 11.7 Å². The first-order valence-electron chi connectivity index (χ1n) is 8.91. The minimum Gasteiger partial charge on any atom is -0.493 e. The van der Waals surface area contributed by atoms with Crippen molar-refractivity contribution in [2.45, 2.75) is 20.3 Å². The van der Waals surface area contributed by atoms with Crippen LogP contribution in [0.1, 0.15) is 29.3 Å². The molecule has 7 nitrogen and oxygen atoms in total. The molecular weight excluding hydrogens is 458 g/mol. The van der Waals surface area contributed by atoms with Gasteiger partial charge in [-0.1, -0.05) is 25.1 Å². The molecule has 0 saturated carbocycles. The summed E-state index contributed by atoms with van der Waals surface area (Å²) in [6, 6.07) is 12.4. The van der Waals surface area contributed by atoms with Crippen molar-refractivity contribution in [3.8, 4) is 11.5 Å². The molecule has 0 radical (unpaired) electrons. The normalized spacial score (nSPS) is 10.0. The second-order valence-corrected chi connectivity index (χ2v) is 7.29. The Morgan fingerprint density at radius 1 is 1.07 bits per heavy atom. The van der Waals surface area contributed by atoms with Crippen molar-refractivity contribution in [2.24, 2.45) is 0 Å². The average molecular weight is 480 g/mol. The van der Waals surface area contributed by atoms with E-state index in [9.17, 15) is 9.59 Å². The predicted molar refractivity (Wildman–Crippen MR) is 118 cm³/mol. The molecule has 0 aromatic heterocycles. The van der Waals surface area contributed by atoms with E-state index in [-0.39, 0.29) is 11.7 Å². The molecule has 0 aliphatic carbocycles. The van der Waals surface area contributed by atoms with E-state index in [1.54, 1.807) is 30.3 Å². The number of nitrogens with one attached hydrogen (secondary N) is 3. The number of carbonyl (C=O) groups excluding carboxylic acids is 2. The third kappa shape index (κ3) is 7.35. The summed E-state index contributed by atoms with van der Waals surface area (Å²) in [5.41, 5.74) is 6.26. The van der Waals surface area contributed by atoms with Gasteiger partial charge >= 0.3 is 0 Å². The van der Waals surface area contributed by atoms with Gasteiger partial charge < -0.3 is 9.47 Å². The smallest absolute Gasteiger partial charge is 0.276 e. The average Bonchev–Trinajstić information content (AvgIpc) is 2.70. The summed E-state index contributed by atoms with van der Waals surface area (Å²) in [5, 5.41) is 2.45. The Kier molecular flexibility index (Phi) is 8.88. The molecule has 0 aliphatic rings. The summed E-state index contributed by atoms with van der Waals surface area (Å²) in [7, 11) is 0. The van der Waals surface area contributed by atoms with Gasteiger partial charge in [-0.05, 0) is 71.3 Å². The van der Waals surface area contributed by atoms with Crippen LogP contribution in [0, 0.1) is 6.92 Å². The van der Waals surface area contributed by atoms with E-state index in [4.69, 9.17) is 21.7 Å². The number of para-hydroxylation sites is 1. The van der Waals surface area contributed by atoms with Gasteiger partial charge in [0.05, 0.1) is 16.6 Å². The van der Waals surface area contributed by atoms with Crippen molar-refractivity contribution in [3.05, 3.63) is 58.1 Å². The molecule has 0 unspecified atom stereocenters. The van der Waals surface area contributed by atoms with Gasteiger partial charge in [-0.15, -0.1) is 0 Å². The lowest BCUT2D eigenvalue weighted by atomic mass is 10.2. The van der Waals surface area contributed by atoms with Crippen molar-refractivity contribution in [2.75, 3.05) is 13.2 Å². The van der Waals surface area contributed by atoms with E-state index >= 15 is 0 Å². The molecule has 0 fully saturated rings. The summed E-state index contributed by atoms with van der Waals surface area (Å²) in [6.07, 6.45) is 0.823. The number of rotatable bonds is 7. The van der Waals surface area contributed by atoms with Gasteiger partial charge in [0, 0.05) is 0 Å². The third-order valence-electron chi connectivity index (χ3n) is 3.58. The molecule has 29 heavy (non-hydrogen) atoms. The van der Waals surface area contributed by atoms with Crippen LogP contribution < -0.4 is 25.6 Å². The van der Waals surface area contributed by atoms with Crippen molar-refractivity contribution < 1.29 is 19.1 Å². The van der Waals surface area contributed by atoms with Crippen LogP contribution in [0.4, 0.5) is 0 Å². The van der Waals surface area contributed by atoms with Gasteiger partial charge in [0.2, 0.25) is 0 Å². The van der Waals surface area contributed by atoms with Crippen LogP contribution in [0.15, 0.2) is 46.9 Å². The number of ether oxygens (including phenoxy) is 2. The quantitative estimate of drug-likeness (QED) is 0.417. The molecule has 3 N–H and O–H groups in total. The predicted octanol–water partition coefficient (Wildman–Crippen LogP) is 3.26. The third-order valence-corrected chi connectivity index (χ3v) is 4.41. The van der Waals surface area contributed by atoms with Gasteiger partial charge in [-0.2, -0.15) is 0 Å². The van der Waals surface area contributed by atoms with E-state index in [1.807, 2.05) is 26.0 Å². The summed E-state index contributed by atoms with van der Waals surface area (Å²) in [5.74, 6) is 0.116. The lowest BCUT2D eigenvalue weighted by molar-refractivity contribution is -0.123. The Morgan fingerprint density at radius 3 is 2.55 bits per heavy atom. The van der Waals surface area contributed by atoms with Gasteiger partial charge in [-0.25, -0.2) is 0 Å². The van der Waals surface area contributed by atoms with E-state index < -0.39 is 11.8 Å². The zero-order valence-electron chi connectivity index (χ0n) is 16.1. The van der Waals surface area contributed by atoms with Crippen LogP contribution in [0.5, 0.6) is 11.5 Å². The number of aryl methyl sites for hydroxylation is 1. The molecule has 2 aromatic rings. The largest absolute Gasteiger partial charge is 0.493 e. The second kappa shape index (κ2) is 11.4. The zero-order chi connectivity index (χ0) is 21.2. The Bertz CT molecular complexity index is 892. The number of amides is 2. The second-order valence-electron chi connectivity index (χ2n) is 6.02. The lowest BCUT2D eigenvalue weighted by Gasteiger charge is -2.13. The number of hydrogen-bond acceptors (Lipinski definition) is 5. The maximum absolute atomic E-state index is 12.4. The standard InChI is InChI=1S/C20H22BrN3O4S/c1-3-10-27-16-7-5-4-6-14(16)19(26)22-20(29)24-23-18(25)12-28-17-9-8-13(2)11-15(17)21/h4-9,11H,3,10,12H2,1-2H3,(H,23,25)(H2,22,24,26,29). The molecule has 0 heterocycles. The maximum atomic E-state index is 12.4. The fourth-order valence-electron chi connectivity index (χ4n) is 2.22. The van der Waals surface area contributed by atoms with Crippen LogP contribution in [-0.4, -0.2) is 30.1 Å². The molecule has 0 spiro atoms. The molecule has 0 bridgehead atoms. The van der Waals surface area contributed by atoms with E-state index in [0.29, 0.717) is 23.7 Å². The minimum atomic E-state index is -0.458. The number of hydrazine groups is 1. The van der Waals surface area contributed by atoms with E-state index in [2.05, 4.69) is 32.1 Å². The summed E-state index contributed by atoms with van der Waals surface area (Å²) < 4.78 is 11.8. The molecule has 154 valence electrons. The highest BCUT2D eigenvalue weighted by Gasteiger charge is 2.14. The van der Waals surface area contributed by atoms with Crippen molar-refractivity contribution in [1.29, 1.82) is 0 Å². The lowest BCUT2D eigenvalue weighted by Crippen LogP contribution is -2.49. The number of carbonyl (C=O) groups is 2. The zero-order valence-corrected chi connectivity index (χ0v) is 18.5. The minimum absolute atomic E-state index is 0.0508. The van der Waals surface area contributed by atoms with Crippen LogP contribution in [0.2, 0.25) is 0 Å². The van der Waals surface area contributed by atoms with E-state index in [0.717, 1.165) is 16.5 Å². The van der Waals surface area contributed by atoms with Gasteiger partial charge in [-0.3, -0.25) is 25.8 Å². The summed E-state index contributed by atoms with van der Waals surface area (Å²) in [4.78, 5) is 24.3. The SMILES string of the molecule is CCCOc1ccccc1C(=O)NC(=S)NNC(=O)COc1ccc(C)cc1Br. The number of benzene rings is 2. The Balaban J connectivity index is 1.80. The van der Waals surface area contributed by atoms with Crippen LogP contribution in [-0.2, 0) is 4.79 Å². The highest BCUT2D eigenvalue weighted by Crippen LogP contribution is 2.25. The van der Waals surface area contributed by atoms with Gasteiger partial charge in [0.1, 0.15) is 11.5 Å². The highest BCUT2D eigenvalue weighted by atomic mass is 79.9. The first kappa shape index (κ1) is 22.6. The Morgan fingerprint density at radius 2 is 1.83 bits per heavy atom. The molecule has 2 amide bonds. The monoisotopic (exact) mass is 479 g/mol. The summed E-state index contributed by atoms with van der Waals surface area (Å²) in [6.45, 7) is 4.21. The first-order valence-corrected chi connectivity index (χ1v) is 10.1. The van der Waals surface area contributed by atoms with Crippen molar-refractivity contribution in [1.82, 2.24) is 16.2 Å². The Labute approximate surface area is 183 Å². The Hall–Kier alpha value is -2.65. The number of thiocarbonyl (C=S) groups is 1. The van der Waals surface area contributed by atoms with Crippen LogP contribution in [0.3, 0.4) is 0 Å². The molecular formula is C20H22BrN3O4S. The van der Waals surface area contributed by atoms with Crippen molar-refractivity contribution in [3.63, 3.8) is 0 Å². The molecule has 2 aromatic carbocycles. The molecule has 0 saturated heterocycles. The topological polar surface area (TPSA) is 88.7 Å². The fourth-order valence-corrected chi connectivity index (χ4v) is 2.97. The maximum Gasteiger partial charge on any atom is 0.276 e. The first-order chi connectivity index (χ1) is 13.9.